The fourth-order valence-corrected chi connectivity index (χ4v) is 2.12. The Labute approximate surface area is 112 Å². The molecular weight excluding hydrogens is 234 g/mol. The zero-order valence-corrected chi connectivity index (χ0v) is 10.7. The average molecular weight is 249 g/mol. The predicted molar refractivity (Wildman–Crippen MR) is 76.8 cm³/mol. The molecule has 0 fully saturated rings. The molecule has 1 N–H and O–H groups in total. The molecule has 0 radical (unpaired) electrons. The van der Waals surface area contributed by atoms with E-state index in [0.29, 0.717) is 0 Å². The van der Waals surface area contributed by atoms with Crippen molar-refractivity contribution in [2.24, 2.45) is 4.99 Å². The number of nitrogens with one attached hydrogen (secondary N) is 1. The number of hydrogen-bond donors (Lipinski definition) is 1. The fourth-order valence-electron chi connectivity index (χ4n) is 2.12. The molecule has 0 saturated carbocycles. The minimum Gasteiger partial charge on any atom is -0.344 e. The van der Waals surface area contributed by atoms with Gasteiger partial charge in [0.05, 0.1) is 5.69 Å². The van der Waals surface area contributed by atoms with Gasteiger partial charge in [-0.15, -0.1) is 0 Å². The van der Waals surface area contributed by atoms with E-state index in [1.165, 1.54) is 0 Å². The van der Waals surface area contributed by atoms with E-state index in [9.17, 15) is 0 Å². The van der Waals surface area contributed by atoms with Crippen molar-refractivity contribution in [3.05, 3.63) is 77.8 Å². The number of aromatic nitrogens is 1. The Morgan fingerprint density at radius 1 is 1.00 bits per heavy atom. The van der Waals surface area contributed by atoms with Gasteiger partial charge in [0.15, 0.2) is 0 Å². The lowest BCUT2D eigenvalue weighted by molar-refractivity contribution is 0.812. The van der Waals surface area contributed by atoms with Gasteiger partial charge in [0.2, 0.25) is 0 Å². The molecule has 1 unspecified atom stereocenters. The van der Waals surface area contributed by atoms with Gasteiger partial charge >= 0.3 is 0 Å². The summed E-state index contributed by atoms with van der Waals surface area (Å²) in [5.74, 6) is 0.899. The van der Waals surface area contributed by atoms with Crippen molar-refractivity contribution in [3.63, 3.8) is 0 Å². The van der Waals surface area contributed by atoms with Gasteiger partial charge in [0.1, 0.15) is 11.9 Å². The van der Waals surface area contributed by atoms with Crippen LogP contribution >= 0.6 is 0 Å². The first-order valence-electron chi connectivity index (χ1n) is 6.32. The van der Waals surface area contributed by atoms with Crippen molar-refractivity contribution in [1.82, 2.24) is 10.3 Å². The van der Waals surface area contributed by atoms with Gasteiger partial charge in [-0.25, -0.2) is 0 Å². The number of benzene rings is 1. The summed E-state index contributed by atoms with van der Waals surface area (Å²) in [7, 11) is 0. The van der Waals surface area contributed by atoms with Crippen LogP contribution in [-0.2, 0) is 0 Å². The Morgan fingerprint density at radius 3 is 2.53 bits per heavy atom. The Kier molecular flexibility index (Phi) is 3.11. The third-order valence-electron chi connectivity index (χ3n) is 3.03. The molecule has 1 atom stereocenters. The van der Waals surface area contributed by atoms with E-state index < -0.39 is 0 Å². The second kappa shape index (κ2) is 5.06. The lowest BCUT2D eigenvalue weighted by atomic mass is 10.1. The standard InChI is InChI=1S/C16H15N3/c1-12-11-15(14-9-5-6-10-17-14)19-16(18-12)13-7-3-2-4-8-13/h2-11,15H,1H3,(H,18,19). The number of hydrogen-bond acceptors (Lipinski definition) is 3. The van der Waals surface area contributed by atoms with Crippen LogP contribution in [0.2, 0.25) is 0 Å². The first kappa shape index (κ1) is 11.7. The SMILES string of the molecule is CC1=CC(c2ccccn2)N=C(c2ccccc2)N1. The smallest absolute Gasteiger partial charge is 0.133 e. The Morgan fingerprint density at radius 2 is 1.79 bits per heavy atom. The van der Waals surface area contributed by atoms with Crippen LogP contribution in [0.4, 0.5) is 0 Å². The van der Waals surface area contributed by atoms with Crippen LogP contribution in [0.15, 0.2) is 71.5 Å². The summed E-state index contributed by atoms with van der Waals surface area (Å²) < 4.78 is 0. The number of allylic oxidation sites excluding steroid dienone is 1. The van der Waals surface area contributed by atoms with Crippen molar-refractivity contribution in [2.75, 3.05) is 0 Å². The molecule has 1 aromatic carbocycles. The molecule has 0 bridgehead atoms. The Balaban J connectivity index is 1.97. The quantitative estimate of drug-likeness (QED) is 0.888. The van der Waals surface area contributed by atoms with Crippen LogP contribution in [0.25, 0.3) is 0 Å². The summed E-state index contributed by atoms with van der Waals surface area (Å²) in [5, 5.41) is 3.32. The van der Waals surface area contributed by atoms with Crippen LogP contribution in [0.5, 0.6) is 0 Å². The van der Waals surface area contributed by atoms with Gasteiger partial charge in [-0.05, 0) is 25.1 Å². The zero-order chi connectivity index (χ0) is 13.1. The van der Waals surface area contributed by atoms with Crippen molar-refractivity contribution >= 4 is 5.84 Å². The molecule has 1 aromatic heterocycles. The molecule has 2 heterocycles. The highest BCUT2D eigenvalue weighted by Crippen LogP contribution is 2.22. The molecule has 1 aliphatic rings. The molecule has 3 heteroatoms. The second-order valence-electron chi connectivity index (χ2n) is 4.52. The maximum absolute atomic E-state index is 4.74. The molecule has 0 spiro atoms. The molecule has 19 heavy (non-hydrogen) atoms. The van der Waals surface area contributed by atoms with Crippen LogP contribution in [-0.4, -0.2) is 10.8 Å². The number of amidine groups is 1. The van der Waals surface area contributed by atoms with E-state index in [2.05, 4.69) is 28.5 Å². The molecule has 3 nitrogen and oxygen atoms in total. The summed E-state index contributed by atoms with van der Waals surface area (Å²) in [6, 6.07) is 16.1. The summed E-state index contributed by atoms with van der Waals surface area (Å²) in [5.41, 5.74) is 3.16. The van der Waals surface area contributed by atoms with E-state index in [1.54, 1.807) is 6.20 Å². The van der Waals surface area contributed by atoms with Crippen LogP contribution in [0.1, 0.15) is 24.2 Å². The van der Waals surface area contributed by atoms with E-state index in [-0.39, 0.29) is 6.04 Å². The molecule has 3 rings (SSSR count). The highest BCUT2D eigenvalue weighted by Gasteiger charge is 2.16. The maximum atomic E-state index is 4.74. The molecule has 2 aromatic rings. The number of nitrogens with zero attached hydrogens (tertiary/aromatic N) is 2. The van der Waals surface area contributed by atoms with Crippen molar-refractivity contribution in [1.29, 1.82) is 0 Å². The zero-order valence-electron chi connectivity index (χ0n) is 10.7. The maximum Gasteiger partial charge on any atom is 0.133 e. The number of rotatable bonds is 2. The monoisotopic (exact) mass is 249 g/mol. The van der Waals surface area contributed by atoms with Crippen LogP contribution in [0.3, 0.4) is 0 Å². The average Bonchev–Trinajstić information content (AvgIpc) is 2.48. The van der Waals surface area contributed by atoms with E-state index in [0.717, 1.165) is 22.8 Å². The first-order valence-corrected chi connectivity index (χ1v) is 6.32. The van der Waals surface area contributed by atoms with Gasteiger partial charge < -0.3 is 5.32 Å². The van der Waals surface area contributed by atoms with Crippen LogP contribution < -0.4 is 5.32 Å². The van der Waals surface area contributed by atoms with Crippen LogP contribution in [0, 0.1) is 0 Å². The lowest BCUT2D eigenvalue weighted by Crippen LogP contribution is -2.27. The van der Waals surface area contributed by atoms with E-state index >= 15 is 0 Å². The van der Waals surface area contributed by atoms with Gasteiger partial charge in [0.25, 0.3) is 0 Å². The predicted octanol–water partition coefficient (Wildman–Crippen LogP) is 3.08. The van der Waals surface area contributed by atoms with Gasteiger partial charge in [-0.3, -0.25) is 9.98 Å². The summed E-state index contributed by atoms with van der Waals surface area (Å²) in [4.78, 5) is 9.12. The summed E-state index contributed by atoms with van der Waals surface area (Å²) >= 11 is 0. The van der Waals surface area contributed by atoms with Gasteiger partial charge in [-0.2, -0.15) is 0 Å². The highest BCUT2D eigenvalue weighted by molar-refractivity contribution is 6.00. The van der Waals surface area contributed by atoms with Crippen molar-refractivity contribution in [3.8, 4) is 0 Å². The van der Waals surface area contributed by atoms with E-state index in [4.69, 9.17) is 4.99 Å². The minimum atomic E-state index is -0.0161. The number of pyridine rings is 1. The lowest BCUT2D eigenvalue weighted by Gasteiger charge is -2.20. The van der Waals surface area contributed by atoms with Gasteiger partial charge in [0, 0.05) is 17.5 Å². The van der Waals surface area contributed by atoms with Gasteiger partial charge in [-0.1, -0.05) is 36.4 Å². The number of aliphatic imine (C=N–C) groups is 1. The first-order chi connectivity index (χ1) is 9.33. The Hall–Kier alpha value is -2.42. The summed E-state index contributed by atoms with van der Waals surface area (Å²) in [6.07, 6.45) is 3.90. The highest BCUT2D eigenvalue weighted by atomic mass is 15.0. The minimum absolute atomic E-state index is 0.0161. The third kappa shape index (κ3) is 2.55. The molecule has 0 amide bonds. The molecule has 0 saturated heterocycles. The Bertz CT molecular complexity index is 615. The largest absolute Gasteiger partial charge is 0.344 e. The second-order valence-corrected chi connectivity index (χ2v) is 4.52. The molecule has 0 aliphatic carbocycles. The topological polar surface area (TPSA) is 37.3 Å². The summed E-state index contributed by atoms with van der Waals surface area (Å²) in [6.45, 7) is 2.05. The normalized spacial score (nSPS) is 18.3. The van der Waals surface area contributed by atoms with Crippen molar-refractivity contribution < 1.29 is 0 Å². The third-order valence-corrected chi connectivity index (χ3v) is 3.03. The van der Waals surface area contributed by atoms with E-state index in [1.807, 2.05) is 43.3 Å². The fraction of sp³-hybridized carbons (Fsp3) is 0.125. The molecule has 94 valence electrons. The molecule has 1 aliphatic heterocycles. The van der Waals surface area contributed by atoms with Crippen molar-refractivity contribution in [2.45, 2.75) is 13.0 Å². The molecular formula is C16H15N3.